The lowest BCUT2D eigenvalue weighted by Crippen LogP contribution is -2.46. The summed E-state index contributed by atoms with van der Waals surface area (Å²) >= 11 is 0. The Hall–Kier alpha value is -3.48. The normalized spacial score (nSPS) is 14.0. The molecule has 0 bridgehead atoms. The van der Waals surface area contributed by atoms with Gasteiger partial charge in [0.15, 0.2) is 0 Å². The van der Waals surface area contributed by atoms with Gasteiger partial charge in [0.2, 0.25) is 5.91 Å². The maximum Gasteiger partial charge on any atom is 0.306 e. The molecule has 0 saturated carbocycles. The molecule has 0 rings (SSSR count). The molecule has 0 radical (unpaired) electrons. The first-order valence-electron chi connectivity index (χ1n) is 28.6. The van der Waals surface area contributed by atoms with Gasteiger partial charge in [-0.1, -0.05) is 259 Å². The van der Waals surface area contributed by atoms with E-state index in [1.165, 1.54) is 103 Å². The lowest BCUT2D eigenvalue weighted by Gasteiger charge is -2.23. The summed E-state index contributed by atoms with van der Waals surface area (Å²) in [6.45, 7) is 6.23. The van der Waals surface area contributed by atoms with Crippen LogP contribution >= 0.6 is 0 Å². The largest absolute Gasteiger partial charge is 0.458 e. The van der Waals surface area contributed by atoms with Crippen LogP contribution in [0.2, 0.25) is 0 Å². The molecule has 69 heavy (non-hydrogen) atoms. The van der Waals surface area contributed by atoms with Crippen LogP contribution in [0.4, 0.5) is 0 Å². The van der Waals surface area contributed by atoms with Crippen molar-refractivity contribution in [2.75, 3.05) is 6.61 Å². The third-order valence-electron chi connectivity index (χ3n) is 12.3. The van der Waals surface area contributed by atoms with E-state index in [9.17, 15) is 19.8 Å². The predicted octanol–water partition coefficient (Wildman–Crippen LogP) is 17.8. The van der Waals surface area contributed by atoms with Gasteiger partial charge < -0.3 is 20.3 Å². The number of carbonyl (C=O) groups is 2. The molecular formula is C63H107NO5. The summed E-state index contributed by atoms with van der Waals surface area (Å²) in [6, 6.07) is -0.753. The molecule has 1 amide bonds. The van der Waals surface area contributed by atoms with E-state index in [2.05, 4.69) is 123 Å². The summed E-state index contributed by atoms with van der Waals surface area (Å²) in [5, 5.41) is 23.8. The lowest BCUT2D eigenvalue weighted by atomic mass is 10.0. The van der Waals surface area contributed by atoms with E-state index in [0.717, 1.165) is 103 Å². The average molecular weight is 959 g/mol. The molecule has 0 aromatic carbocycles. The third-order valence-corrected chi connectivity index (χ3v) is 12.3. The van der Waals surface area contributed by atoms with Gasteiger partial charge in [0, 0.05) is 6.42 Å². The Morgan fingerprint density at radius 2 is 0.812 bits per heavy atom. The van der Waals surface area contributed by atoms with E-state index in [1.54, 1.807) is 6.08 Å². The number of ether oxygens (including phenoxy) is 1. The SMILES string of the molecule is CC/C=C\C/C=C\C/C=C\C/C=C\C/C=C\C/C=C\C(CC(=O)NC(CO)C(O)CCCCCCCCCCCCCCCCCCC)OC(=O)CCCCCCCC/C=C/C/C=C/C/C=C/CC. The standard InChI is InChI=1S/C63H107NO5/c1-4-7-10-13-16-19-22-25-28-31-33-36-39-42-45-48-51-54-59(69-63(68)56-53-50-47-44-41-38-35-30-27-24-21-18-15-12-9-6-3)57-62(67)64-60(58-65)61(66)55-52-49-46-43-40-37-34-32-29-26-23-20-17-14-11-8-5-2/h7,9-10,12,16,18-19,21,25,27-28,30,33,36,42,45,51,54,59-61,65-66H,4-6,8,11,13-15,17,20,22-24,26,29,31-32,34-35,37-41,43-44,46-50,52-53,55-58H2,1-3H3,(H,64,67)/b10-7-,12-9+,19-16-,21-18+,28-25-,30-27+,36-33-,45-42-,54-51-. The number of aliphatic hydroxyl groups excluding tert-OH is 2. The Labute approximate surface area is 426 Å². The Bertz CT molecular complexity index is 1400. The van der Waals surface area contributed by atoms with Crippen LogP contribution in [-0.2, 0) is 14.3 Å². The minimum Gasteiger partial charge on any atom is -0.458 e. The number of amides is 1. The minimum absolute atomic E-state index is 0.0582. The van der Waals surface area contributed by atoms with Gasteiger partial charge in [-0.2, -0.15) is 0 Å². The fraction of sp³-hybridized carbons (Fsp3) is 0.683. The molecule has 6 heteroatoms. The first kappa shape index (κ1) is 65.5. The van der Waals surface area contributed by atoms with E-state index < -0.39 is 18.2 Å². The molecule has 0 aliphatic carbocycles. The van der Waals surface area contributed by atoms with E-state index in [-0.39, 0.29) is 24.9 Å². The number of rotatable bonds is 50. The van der Waals surface area contributed by atoms with E-state index in [0.29, 0.717) is 19.3 Å². The summed E-state index contributed by atoms with van der Waals surface area (Å²) in [5.74, 6) is -0.649. The molecule has 3 N–H and O–H groups in total. The molecule has 0 aromatic heterocycles. The monoisotopic (exact) mass is 958 g/mol. The fourth-order valence-electron chi connectivity index (χ4n) is 8.09. The van der Waals surface area contributed by atoms with Crippen LogP contribution in [0.25, 0.3) is 0 Å². The van der Waals surface area contributed by atoms with Crippen molar-refractivity contribution in [2.24, 2.45) is 0 Å². The zero-order chi connectivity index (χ0) is 50.2. The van der Waals surface area contributed by atoms with Crippen LogP contribution in [-0.4, -0.2) is 46.9 Å². The maximum absolute atomic E-state index is 13.2. The first-order valence-corrected chi connectivity index (χ1v) is 28.6. The van der Waals surface area contributed by atoms with Crippen molar-refractivity contribution in [1.82, 2.24) is 5.32 Å². The molecule has 0 fully saturated rings. The van der Waals surface area contributed by atoms with Gasteiger partial charge in [-0.25, -0.2) is 0 Å². The van der Waals surface area contributed by atoms with Gasteiger partial charge in [0.25, 0.3) is 0 Å². The summed E-state index contributed by atoms with van der Waals surface area (Å²) in [5.41, 5.74) is 0. The number of nitrogens with one attached hydrogen (secondary N) is 1. The van der Waals surface area contributed by atoms with Crippen LogP contribution in [0.1, 0.15) is 252 Å². The summed E-state index contributed by atoms with van der Waals surface area (Å²) in [6.07, 6.45) is 76.1. The van der Waals surface area contributed by atoms with Gasteiger partial charge in [0.1, 0.15) is 6.10 Å². The Morgan fingerprint density at radius 1 is 0.449 bits per heavy atom. The molecule has 0 aliphatic rings. The fourth-order valence-corrected chi connectivity index (χ4v) is 8.09. The number of allylic oxidation sites excluding steroid dienone is 17. The smallest absolute Gasteiger partial charge is 0.306 e. The zero-order valence-corrected chi connectivity index (χ0v) is 44.9. The number of hydrogen-bond acceptors (Lipinski definition) is 5. The second kappa shape index (κ2) is 55.4. The van der Waals surface area contributed by atoms with Crippen molar-refractivity contribution in [2.45, 2.75) is 270 Å². The second-order valence-corrected chi connectivity index (χ2v) is 18.9. The van der Waals surface area contributed by atoms with Crippen molar-refractivity contribution in [1.29, 1.82) is 0 Å². The van der Waals surface area contributed by atoms with Crippen LogP contribution < -0.4 is 5.32 Å². The molecule has 6 nitrogen and oxygen atoms in total. The summed E-state index contributed by atoms with van der Waals surface area (Å²) in [7, 11) is 0. The molecule has 0 spiro atoms. The highest BCUT2D eigenvalue weighted by Crippen LogP contribution is 2.16. The molecule has 394 valence electrons. The third kappa shape index (κ3) is 50.7. The van der Waals surface area contributed by atoms with Crippen molar-refractivity contribution in [3.8, 4) is 0 Å². The maximum atomic E-state index is 13.2. The van der Waals surface area contributed by atoms with Crippen molar-refractivity contribution < 1.29 is 24.5 Å². The Kier molecular flexibility index (Phi) is 52.7. The highest BCUT2D eigenvalue weighted by Gasteiger charge is 2.23. The highest BCUT2D eigenvalue weighted by atomic mass is 16.5. The molecule has 3 unspecified atom stereocenters. The topological polar surface area (TPSA) is 95.9 Å². The van der Waals surface area contributed by atoms with Gasteiger partial charge in [0.05, 0.1) is 25.2 Å². The van der Waals surface area contributed by atoms with Gasteiger partial charge in [-0.15, -0.1) is 0 Å². The number of aliphatic hydroxyl groups is 2. The van der Waals surface area contributed by atoms with Gasteiger partial charge >= 0.3 is 5.97 Å². The van der Waals surface area contributed by atoms with Crippen molar-refractivity contribution in [3.05, 3.63) is 109 Å². The van der Waals surface area contributed by atoms with E-state index >= 15 is 0 Å². The lowest BCUT2D eigenvalue weighted by molar-refractivity contribution is -0.148. The number of carbonyl (C=O) groups excluding carboxylic acids is 2. The van der Waals surface area contributed by atoms with Gasteiger partial charge in [-0.05, 0) is 89.5 Å². The quantitative estimate of drug-likeness (QED) is 0.0321. The van der Waals surface area contributed by atoms with E-state index in [4.69, 9.17) is 4.74 Å². The van der Waals surface area contributed by atoms with Crippen LogP contribution in [0.15, 0.2) is 109 Å². The zero-order valence-electron chi connectivity index (χ0n) is 44.9. The van der Waals surface area contributed by atoms with Crippen molar-refractivity contribution >= 4 is 11.9 Å². The Balaban J connectivity index is 4.74. The molecule has 0 heterocycles. The molecule has 0 aliphatic heterocycles. The second-order valence-electron chi connectivity index (χ2n) is 18.9. The van der Waals surface area contributed by atoms with Gasteiger partial charge in [-0.3, -0.25) is 9.59 Å². The summed E-state index contributed by atoms with van der Waals surface area (Å²) in [4.78, 5) is 26.2. The molecule has 3 atom stereocenters. The average Bonchev–Trinajstić information content (AvgIpc) is 3.34. The number of unbranched alkanes of at least 4 members (excludes halogenated alkanes) is 22. The molecular weight excluding hydrogens is 851 g/mol. The van der Waals surface area contributed by atoms with Crippen LogP contribution in [0.5, 0.6) is 0 Å². The van der Waals surface area contributed by atoms with Crippen LogP contribution in [0.3, 0.4) is 0 Å². The Morgan fingerprint density at radius 3 is 1.23 bits per heavy atom. The number of esters is 1. The van der Waals surface area contributed by atoms with Crippen LogP contribution in [0, 0.1) is 0 Å². The number of hydrogen-bond donors (Lipinski definition) is 3. The first-order chi connectivity index (χ1) is 34.0. The minimum atomic E-state index is -0.830. The van der Waals surface area contributed by atoms with Crippen molar-refractivity contribution in [3.63, 3.8) is 0 Å². The molecule has 0 aromatic rings. The molecule has 0 saturated heterocycles. The predicted molar refractivity (Wildman–Crippen MR) is 300 cm³/mol. The highest BCUT2D eigenvalue weighted by molar-refractivity contribution is 5.78. The van der Waals surface area contributed by atoms with E-state index in [1.807, 2.05) is 6.08 Å². The summed E-state index contributed by atoms with van der Waals surface area (Å²) < 4.78 is 5.84.